The molecule has 6 heteroatoms. The van der Waals surface area contributed by atoms with Crippen LogP contribution in [0.5, 0.6) is 0 Å². The van der Waals surface area contributed by atoms with E-state index in [1.165, 1.54) is 7.11 Å². The predicted octanol–water partition coefficient (Wildman–Crippen LogP) is 3.62. The smallest absolute Gasteiger partial charge is 0.465 e. The van der Waals surface area contributed by atoms with Crippen LogP contribution in [0, 0.1) is 18.3 Å². The van der Waals surface area contributed by atoms with E-state index in [9.17, 15) is 10.1 Å². The van der Waals surface area contributed by atoms with Gasteiger partial charge in [0.1, 0.15) is 0 Å². The lowest BCUT2D eigenvalue weighted by molar-refractivity contribution is 0.00578. The molecule has 1 saturated heterocycles. The van der Waals surface area contributed by atoms with Gasteiger partial charge in [0, 0.05) is 0 Å². The molecule has 0 amide bonds. The minimum atomic E-state index is -0.621. The molecule has 0 atom stereocenters. The number of rotatable bonds is 3. The topological polar surface area (TPSA) is 68.6 Å². The Morgan fingerprint density at radius 3 is 2.29 bits per heavy atom. The number of methoxy groups -OCH3 is 1. The molecule has 1 aliphatic heterocycles. The number of aryl methyl sites for hydroxylation is 1. The van der Waals surface area contributed by atoms with E-state index in [-0.39, 0.29) is 0 Å². The zero-order chi connectivity index (χ0) is 20.7. The first kappa shape index (κ1) is 20.1. The summed E-state index contributed by atoms with van der Waals surface area (Å²) in [5.74, 6) is -0.453. The number of carbonyl (C=O) groups excluding carboxylic acids is 1. The summed E-state index contributed by atoms with van der Waals surface area (Å²) in [5, 5.41) is 9.56. The largest absolute Gasteiger partial charge is 0.494 e. The van der Waals surface area contributed by atoms with Gasteiger partial charge in [-0.25, -0.2) is 4.79 Å². The summed E-state index contributed by atoms with van der Waals surface area (Å²) in [6.45, 7) is 9.85. The highest BCUT2D eigenvalue weighted by molar-refractivity contribution is 6.62. The monoisotopic (exact) mass is 377 g/mol. The van der Waals surface area contributed by atoms with Crippen LogP contribution in [0.4, 0.5) is 0 Å². The third kappa shape index (κ3) is 3.56. The molecule has 0 radical (unpaired) electrons. The van der Waals surface area contributed by atoms with E-state index in [2.05, 4.69) is 6.07 Å². The van der Waals surface area contributed by atoms with Crippen LogP contribution >= 0.6 is 0 Å². The molecule has 1 heterocycles. The second kappa shape index (κ2) is 7.08. The number of carbonyl (C=O) groups is 1. The quantitative estimate of drug-likeness (QED) is 0.604. The number of hydrogen-bond donors (Lipinski definition) is 0. The van der Waals surface area contributed by atoms with E-state index in [0.717, 1.165) is 16.7 Å². The summed E-state index contributed by atoms with van der Waals surface area (Å²) in [7, 11) is 0.722. The Hall–Kier alpha value is -2.62. The van der Waals surface area contributed by atoms with Crippen molar-refractivity contribution in [3.05, 3.63) is 53.1 Å². The van der Waals surface area contributed by atoms with Gasteiger partial charge in [-0.3, -0.25) is 0 Å². The zero-order valence-corrected chi connectivity index (χ0v) is 17.1. The third-order valence-corrected chi connectivity index (χ3v) is 5.51. The fourth-order valence-electron chi connectivity index (χ4n) is 3.16. The van der Waals surface area contributed by atoms with Crippen LogP contribution in [-0.4, -0.2) is 31.4 Å². The summed E-state index contributed by atoms with van der Waals surface area (Å²) < 4.78 is 17.2. The van der Waals surface area contributed by atoms with E-state index < -0.39 is 24.3 Å². The Bertz CT molecular complexity index is 959. The number of benzene rings is 2. The fourth-order valence-corrected chi connectivity index (χ4v) is 3.16. The van der Waals surface area contributed by atoms with Gasteiger partial charge in [0.05, 0.1) is 35.5 Å². The molecule has 0 aromatic heterocycles. The highest BCUT2D eigenvalue weighted by atomic mass is 16.7. The van der Waals surface area contributed by atoms with Crippen molar-refractivity contribution in [1.29, 1.82) is 5.26 Å². The van der Waals surface area contributed by atoms with Gasteiger partial charge in [0.25, 0.3) is 0 Å². The molecule has 1 fully saturated rings. The molecule has 144 valence electrons. The second-order valence-electron chi connectivity index (χ2n) is 8.08. The first-order chi connectivity index (χ1) is 13.1. The van der Waals surface area contributed by atoms with E-state index in [1.54, 1.807) is 12.1 Å². The number of hydrogen-bond acceptors (Lipinski definition) is 5. The molecule has 0 unspecified atom stereocenters. The summed E-state index contributed by atoms with van der Waals surface area (Å²) in [5.41, 5.74) is 3.12. The SMILES string of the molecule is COC(=O)c1cc(B2OC(C)(C)C(C)(C)O2)cc(-c2ccc(C)cc2C#N)c1. The second-order valence-corrected chi connectivity index (χ2v) is 8.08. The lowest BCUT2D eigenvalue weighted by Gasteiger charge is -2.32. The molecule has 5 nitrogen and oxygen atoms in total. The Morgan fingerprint density at radius 1 is 1.07 bits per heavy atom. The van der Waals surface area contributed by atoms with Crippen molar-refractivity contribution >= 4 is 18.6 Å². The van der Waals surface area contributed by atoms with E-state index in [4.69, 9.17) is 14.0 Å². The van der Waals surface area contributed by atoms with Gasteiger partial charge in [0.15, 0.2) is 0 Å². The molecular formula is C22H24BNO4. The average Bonchev–Trinajstić information content (AvgIpc) is 2.88. The number of nitrogens with zero attached hydrogens (tertiary/aromatic N) is 1. The van der Waals surface area contributed by atoms with Crippen molar-refractivity contribution in [1.82, 2.24) is 0 Å². The maximum Gasteiger partial charge on any atom is 0.494 e. The van der Waals surface area contributed by atoms with Gasteiger partial charge in [-0.05, 0) is 75.0 Å². The van der Waals surface area contributed by atoms with Gasteiger partial charge >= 0.3 is 13.1 Å². The molecule has 1 aliphatic rings. The Kier molecular flexibility index (Phi) is 5.09. The molecule has 0 aliphatic carbocycles. The van der Waals surface area contributed by atoms with Gasteiger partial charge in [-0.2, -0.15) is 5.26 Å². The lowest BCUT2D eigenvalue weighted by Crippen LogP contribution is -2.41. The van der Waals surface area contributed by atoms with Crippen LogP contribution in [0.1, 0.15) is 49.2 Å². The van der Waals surface area contributed by atoms with E-state index in [1.807, 2.05) is 58.9 Å². The maximum absolute atomic E-state index is 12.3. The highest BCUT2D eigenvalue weighted by Gasteiger charge is 2.51. The molecule has 28 heavy (non-hydrogen) atoms. The molecule has 0 N–H and O–H groups in total. The third-order valence-electron chi connectivity index (χ3n) is 5.51. The molecule has 2 aromatic rings. The normalized spacial score (nSPS) is 17.2. The lowest BCUT2D eigenvalue weighted by atomic mass is 9.76. The first-order valence-corrected chi connectivity index (χ1v) is 9.18. The highest BCUT2D eigenvalue weighted by Crippen LogP contribution is 2.37. The minimum absolute atomic E-state index is 0.383. The number of nitriles is 1. The Labute approximate surface area is 166 Å². The average molecular weight is 377 g/mol. The van der Waals surface area contributed by atoms with Crippen molar-refractivity contribution < 1.29 is 18.8 Å². The van der Waals surface area contributed by atoms with Crippen molar-refractivity contribution in [3.63, 3.8) is 0 Å². The Morgan fingerprint density at radius 2 is 1.71 bits per heavy atom. The van der Waals surface area contributed by atoms with Crippen LogP contribution < -0.4 is 5.46 Å². The molecule has 0 spiro atoms. The minimum Gasteiger partial charge on any atom is -0.465 e. The summed E-state index contributed by atoms with van der Waals surface area (Å²) >= 11 is 0. The number of esters is 1. The van der Waals surface area contributed by atoms with Gasteiger partial charge < -0.3 is 14.0 Å². The van der Waals surface area contributed by atoms with Crippen LogP contribution in [0.15, 0.2) is 36.4 Å². The van der Waals surface area contributed by atoms with Gasteiger partial charge in [-0.15, -0.1) is 0 Å². The maximum atomic E-state index is 12.3. The summed E-state index contributed by atoms with van der Waals surface area (Å²) in [6, 6.07) is 13.2. The van der Waals surface area contributed by atoms with Crippen LogP contribution in [0.3, 0.4) is 0 Å². The van der Waals surface area contributed by atoms with Crippen molar-refractivity contribution in [2.75, 3.05) is 7.11 Å². The summed E-state index contributed by atoms with van der Waals surface area (Å²) in [4.78, 5) is 12.3. The fraction of sp³-hybridized carbons (Fsp3) is 0.364. The van der Waals surface area contributed by atoms with Gasteiger partial charge in [-0.1, -0.05) is 18.2 Å². The van der Waals surface area contributed by atoms with Crippen LogP contribution in [0.25, 0.3) is 11.1 Å². The van der Waals surface area contributed by atoms with E-state index in [0.29, 0.717) is 16.6 Å². The van der Waals surface area contributed by atoms with Crippen molar-refractivity contribution in [3.8, 4) is 17.2 Å². The molecule has 0 bridgehead atoms. The predicted molar refractivity (Wildman–Crippen MR) is 108 cm³/mol. The molecule has 2 aromatic carbocycles. The number of ether oxygens (including phenoxy) is 1. The molecular weight excluding hydrogens is 353 g/mol. The molecule has 3 rings (SSSR count). The van der Waals surface area contributed by atoms with E-state index >= 15 is 0 Å². The van der Waals surface area contributed by atoms with Crippen LogP contribution in [0.2, 0.25) is 0 Å². The van der Waals surface area contributed by atoms with Crippen LogP contribution in [-0.2, 0) is 14.0 Å². The summed E-state index contributed by atoms with van der Waals surface area (Å²) in [6.07, 6.45) is 0. The zero-order valence-electron chi connectivity index (χ0n) is 17.1. The Balaban J connectivity index is 2.15. The standard InChI is InChI=1S/C22H24BNO4/c1-14-7-8-19(17(9-14)13-24)15-10-16(20(25)26-6)12-18(11-15)23-27-21(2,3)22(4,5)28-23/h7-12H,1-6H3. The van der Waals surface area contributed by atoms with Gasteiger partial charge in [0.2, 0.25) is 0 Å². The first-order valence-electron chi connectivity index (χ1n) is 9.18. The molecule has 0 saturated carbocycles. The van der Waals surface area contributed by atoms with Crippen molar-refractivity contribution in [2.45, 2.75) is 45.8 Å². The van der Waals surface area contributed by atoms with Crippen molar-refractivity contribution in [2.24, 2.45) is 0 Å².